The van der Waals surface area contributed by atoms with E-state index in [0.717, 1.165) is 24.9 Å². The van der Waals surface area contributed by atoms with Crippen LogP contribution in [-0.4, -0.2) is 19.7 Å². The minimum Gasteiger partial charge on any atom is -0.495 e. The Kier molecular flexibility index (Phi) is 4.24. The number of piperidine rings is 1. The topological polar surface area (TPSA) is 21.3 Å². The average Bonchev–Trinajstić information content (AvgIpc) is 2.36. The maximum absolute atomic E-state index is 13.3. The van der Waals surface area contributed by atoms with Crippen molar-refractivity contribution >= 4 is 11.6 Å². The molecule has 0 radical (unpaired) electrons. The highest BCUT2D eigenvalue weighted by Gasteiger charge is 2.18. The summed E-state index contributed by atoms with van der Waals surface area (Å²) in [5.74, 6) is 0.0444. The lowest BCUT2D eigenvalue weighted by Crippen LogP contribution is -2.35. The van der Waals surface area contributed by atoms with Crippen LogP contribution in [0.3, 0.4) is 0 Å². The van der Waals surface area contributed by atoms with Gasteiger partial charge in [0.15, 0.2) is 0 Å². The van der Waals surface area contributed by atoms with Crippen LogP contribution in [0, 0.1) is 5.82 Å². The van der Waals surface area contributed by atoms with Gasteiger partial charge in [-0.15, -0.1) is 0 Å². The third kappa shape index (κ3) is 2.90. The molecule has 2 rings (SSSR count). The maximum atomic E-state index is 13.3. The van der Waals surface area contributed by atoms with Gasteiger partial charge in [-0.25, -0.2) is 4.39 Å². The maximum Gasteiger partial charge on any atom is 0.145 e. The Bertz CT molecular complexity index is 391. The molecule has 17 heavy (non-hydrogen) atoms. The number of hydrogen-bond acceptors (Lipinski definition) is 2. The molecular formula is C13H17ClFNO. The predicted octanol–water partition coefficient (Wildman–Crippen LogP) is 3.17. The van der Waals surface area contributed by atoms with Gasteiger partial charge < -0.3 is 10.1 Å². The largest absolute Gasteiger partial charge is 0.495 e. The van der Waals surface area contributed by atoms with E-state index in [1.165, 1.54) is 26.0 Å². The predicted molar refractivity (Wildman–Crippen MR) is 67.3 cm³/mol. The number of rotatable bonds is 3. The summed E-state index contributed by atoms with van der Waals surface area (Å²) in [5.41, 5.74) is 0.971. The zero-order chi connectivity index (χ0) is 12.3. The highest BCUT2D eigenvalue weighted by atomic mass is 35.5. The Hall–Kier alpha value is -0.800. The van der Waals surface area contributed by atoms with Gasteiger partial charge in [-0.05, 0) is 37.4 Å². The second-order valence-electron chi connectivity index (χ2n) is 4.40. The monoisotopic (exact) mass is 257 g/mol. The van der Waals surface area contributed by atoms with Gasteiger partial charge >= 0.3 is 0 Å². The van der Waals surface area contributed by atoms with Crippen molar-refractivity contribution in [2.45, 2.75) is 31.7 Å². The number of nitrogens with one attached hydrogen (secondary N) is 1. The molecule has 1 atom stereocenters. The zero-order valence-corrected chi connectivity index (χ0v) is 10.7. The Labute approximate surface area is 106 Å². The van der Waals surface area contributed by atoms with Gasteiger partial charge in [0.1, 0.15) is 16.6 Å². The Morgan fingerprint density at radius 2 is 2.29 bits per heavy atom. The van der Waals surface area contributed by atoms with Gasteiger partial charge in [0, 0.05) is 6.04 Å². The molecule has 94 valence electrons. The fourth-order valence-electron chi connectivity index (χ4n) is 2.32. The molecule has 1 aromatic carbocycles. The van der Waals surface area contributed by atoms with Gasteiger partial charge in [-0.3, -0.25) is 0 Å². The van der Waals surface area contributed by atoms with Crippen molar-refractivity contribution in [3.05, 3.63) is 28.5 Å². The molecule has 0 aromatic heterocycles. The lowest BCUT2D eigenvalue weighted by Gasteiger charge is -2.24. The van der Waals surface area contributed by atoms with Crippen LogP contribution in [0.1, 0.15) is 24.8 Å². The van der Waals surface area contributed by atoms with Crippen LogP contribution in [0.4, 0.5) is 4.39 Å². The second-order valence-corrected chi connectivity index (χ2v) is 4.78. The number of methoxy groups -OCH3 is 1. The standard InChI is InChI=1S/C13H17ClFNO/c1-17-13-9(5-6-11(15)12(13)14)8-10-4-2-3-7-16-10/h5-6,10,16H,2-4,7-8H2,1H3. The van der Waals surface area contributed by atoms with Crippen molar-refractivity contribution in [2.75, 3.05) is 13.7 Å². The van der Waals surface area contributed by atoms with Crippen LogP contribution in [-0.2, 0) is 6.42 Å². The Morgan fingerprint density at radius 1 is 1.47 bits per heavy atom. The molecule has 0 aliphatic carbocycles. The minimum absolute atomic E-state index is 0.0841. The highest BCUT2D eigenvalue weighted by molar-refractivity contribution is 6.32. The lowest BCUT2D eigenvalue weighted by molar-refractivity contribution is 0.380. The quantitative estimate of drug-likeness (QED) is 0.898. The average molecular weight is 258 g/mol. The molecular weight excluding hydrogens is 241 g/mol. The van der Waals surface area contributed by atoms with Crippen LogP contribution in [0.15, 0.2) is 12.1 Å². The number of hydrogen-bond donors (Lipinski definition) is 1. The van der Waals surface area contributed by atoms with Gasteiger partial charge in [-0.2, -0.15) is 0 Å². The highest BCUT2D eigenvalue weighted by Crippen LogP contribution is 2.32. The van der Waals surface area contributed by atoms with Crippen molar-refractivity contribution in [2.24, 2.45) is 0 Å². The van der Waals surface area contributed by atoms with Crippen LogP contribution < -0.4 is 10.1 Å². The molecule has 1 unspecified atom stereocenters. The second kappa shape index (κ2) is 5.69. The lowest BCUT2D eigenvalue weighted by atomic mass is 9.97. The fourth-order valence-corrected chi connectivity index (χ4v) is 2.58. The van der Waals surface area contributed by atoms with Crippen LogP contribution in [0.5, 0.6) is 5.75 Å². The third-order valence-electron chi connectivity index (χ3n) is 3.21. The SMILES string of the molecule is COc1c(CC2CCCCN2)ccc(F)c1Cl. The molecule has 1 aromatic rings. The summed E-state index contributed by atoms with van der Waals surface area (Å²) in [6, 6.07) is 3.61. The first kappa shape index (κ1) is 12.7. The van der Waals surface area contributed by atoms with Crippen LogP contribution >= 0.6 is 11.6 Å². The fraction of sp³-hybridized carbons (Fsp3) is 0.538. The Morgan fingerprint density at radius 3 is 2.94 bits per heavy atom. The van der Waals surface area contributed by atoms with Crippen molar-refractivity contribution in [1.29, 1.82) is 0 Å². The first-order valence-electron chi connectivity index (χ1n) is 5.96. The Balaban J connectivity index is 2.17. The van der Waals surface area contributed by atoms with E-state index in [4.69, 9.17) is 16.3 Å². The summed E-state index contributed by atoms with van der Waals surface area (Å²) in [7, 11) is 1.53. The summed E-state index contributed by atoms with van der Waals surface area (Å²) >= 11 is 5.90. The zero-order valence-electron chi connectivity index (χ0n) is 9.93. The molecule has 1 N–H and O–H groups in total. The van der Waals surface area contributed by atoms with E-state index in [1.807, 2.05) is 0 Å². The van der Waals surface area contributed by atoms with E-state index in [9.17, 15) is 4.39 Å². The number of halogens is 2. The minimum atomic E-state index is -0.427. The first-order chi connectivity index (χ1) is 8.22. The van der Waals surface area contributed by atoms with Crippen molar-refractivity contribution in [3.63, 3.8) is 0 Å². The molecule has 0 bridgehead atoms. The molecule has 0 saturated carbocycles. The van der Waals surface area contributed by atoms with Crippen molar-refractivity contribution in [3.8, 4) is 5.75 Å². The van der Waals surface area contributed by atoms with Crippen LogP contribution in [0.2, 0.25) is 5.02 Å². The van der Waals surface area contributed by atoms with E-state index < -0.39 is 5.82 Å². The molecule has 0 spiro atoms. The molecule has 1 aliphatic heterocycles. The van der Waals surface area contributed by atoms with Crippen molar-refractivity contribution < 1.29 is 9.13 Å². The summed E-state index contributed by atoms with van der Waals surface area (Å²) in [5, 5.41) is 3.54. The summed E-state index contributed by atoms with van der Waals surface area (Å²) in [4.78, 5) is 0. The summed E-state index contributed by atoms with van der Waals surface area (Å²) < 4.78 is 18.5. The molecule has 1 aliphatic rings. The van der Waals surface area contributed by atoms with Gasteiger partial charge in [0.05, 0.1) is 7.11 Å². The van der Waals surface area contributed by atoms with E-state index in [-0.39, 0.29) is 5.02 Å². The first-order valence-corrected chi connectivity index (χ1v) is 6.34. The van der Waals surface area contributed by atoms with Gasteiger partial charge in [0.25, 0.3) is 0 Å². The molecule has 1 saturated heterocycles. The van der Waals surface area contributed by atoms with Crippen LogP contribution in [0.25, 0.3) is 0 Å². The number of ether oxygens (including phenoxy) is 1. The molecule has 2 nitrogen and oxygen atoms in total. The number of benzene rings is 1. The summed E-state index contributed by atoms with van der Waals surface area (Å²) in [6.45, 7) is 1.06. The molecule has 4 heteroatoms. The van der Waals surface area contributed by atoms with Crippen molar-refractivity contribution in [1.82, 2.24) is 5.32 Å². The van der Waals surface area contributed by atoms with E-state index in [1.54, 1.807) is 6.07 Å². The summed E-state index contributed by atoms with van der Waals surface area (Å²) in [6.07, 6.45) is 4.47. The van der Waals surface area contributed by atoms with E-state index in [2.05, 4.69) is 5.32 Å². The molecule has 1 fully saturated rings. The van der Waals surface area contributed by atoms with Gasteiger partial charge in [0.2, 0.25) is 0 Å². The molecule has 1 heterocycles. The third-order valence-corrected chi connectivity index (χ3v) is 3.57. The smallest absolute Gasteiger partial charge is 0.145 e. The van der Waals surface area contributed by atoms with E-state index >= 15 is 0 Å². The van der Waals surface area contributed by atoms with Gasteiger partial charge in [-0.1, -0.05) is 24.1 Å². The normalized spacial score (nSPS) is 20.3. The molecule has 0 amide bonds. The van der Waals surface area contributed by atoms with E-state index in [0.29, 0.717) is 11.8 Å².